The number of likely N-dealkylation sites (N-methyl/N-ethyl adjacent to an activating group) is 1. The first-order valence-electron chi connectivity index (χ1n) is 7.51. The zero-order valence-electron chi connectivity index (χ0n) is 12.5. The van der Waals surface area contributed by atoms with Crippen LogP contribution < -0.4 is 5.32 Å². The number of rotatable bonds is 4. The first kappa shape index (κ1) is 14.5. The molecule has 0 spiro atoms. The Hall–Kier alpha value is -0.860. The number of benzene rings is 1. The van der Waals surface area contributed by atoms with E-state index in [-0.39, 0.29) is 11.6 Å². The van der Waals surface area contributed by atoms with E-state index in [1.165, 1.54) is 36.8 Å². The van der Waals surface area contributed by atoms with E-state index in [2.05, 4.69) is 43.6 Å². The van der Waals surface area contributed by atoms with Crippen molar-refractivity contribution in [1.82, 2.24) is 5.32 Å². The maximum absolute atomic E-state index is 6.06. The Morgan fingerprint density at radius 3 is 2.26 bits per heavy atom. The molecule has 0 radical (unpaired) electrons. The summed E-state index contributed by atoms with van der Waals surface area (Å²) in [6, 6.07) is 8.96. The Morgan fingerprint density at radius 1 is 1.11 bits per heavy atom. The van der Waals surface area contributed by atoms with Crippen LogP contribution in [0.2, 0.25) is 0 Å². The predicted molar refractivity (Wildman–Crippen MR) is 80.4 cm³/mol. The van der Waals surface area contributed by atoms with E-state index in [1.807, 2.05) is 7.11 Å². The van der Waals surface area contributed by atoms with Crippen LogP contribution in [0.15, 0.2) is 24.3 Å². The average Bonchev–Trinajstić information content (AvgIpc) is 2.68. The van der Waals surface area contributed by atoms with Crippen molar-refractivity contribution in [3.05, 3.63) is 35.4 Å². The molecule has 2 heteroatoms. The summed E-state index contributed by atoms with van der Waals surface area (Å²) in [6.45, 7) is 2.19. The second-order valence-electron chi connectivity index (χ2n) is 5.76. The fourth-order valence-corrected chi connectivity index (χ4v) is 3.55. The highest BCUT2D eigenvalue weighted by atomic mass is 16.5. The highest BCUT2D eigenvalue weighted by Gasteiger charge is 2.39. The number of hydrogen-bond donors (Lipinski definition) is 1. The van der Waals surface area contributed by atoms with Crippen LogP contribution in [0.4, 0.5) is 0 Å². The van der Waals surface area contributed by atoms with E-state index < -0.39 is 0 Å². The Balaban J connectivity index is 2.35. The van der Waals surface area contributed by atoms with Gasteiger partial charge in [0, 0.05) is 7.11 Å². The van der Waals surface area contributed by atoms with Crippen LogP contribution in [0, 0.1) is 6.92 Å². The molecule has 1 atom stereocenters. The van der Waals surface area contributed by atoms with Crippen LogP contribution in [-0.2, 0) is 4.74 Å². The second kappa shape index (κ2) is 6.53. The van der Waals surface area contributed by atoms with Gasteiger partial charge in [-0.25, -0.2) is 0 Å². The van der Waals surface area contributed by atoms with Gasteiger partial charge < -0.3 is 10.1 Å². The van der Waals surface area contributed by atoms with Gasteiger partial charge in [-0.05, 0) is 37.9 Å². The molecule has 0 aliphatic heterocycles. The summed E-state index contributed by atoms with van der Waals surface area (Å²) in [5, 5.41) is 3.52. The van der Waals surface area contributed by atoms with Crippen LogP contribution in [-0.4, -0.2) is 19.8 Å². The zero-order chi connectivity index (χ0) is 13.7. The van der Waals surface area contributed by atoms with Gasteiger partial charge in [0.25, 0.3) is 0 Å². The lowest BCUT2D eigenvalue weighted by molar-refractivity contribution is -0.0524. The Labute approximate surface area is 117 Å². The molecule has 2 nitrogen and oxygen atoms in total. The average molecular weight is 261 g/mol. The number of aryl methyl sites for hydroxylation is 1. The summed E-state index contributed by atoms with van der Waals surface area (Å²) in [7, 11) is 3.94. The van der Waals surface area contributed by atoms with Crippen LogP contribution in [0.25, 0.3) is 0 Å². The van der Waals surface area contributed by atoms with Crippen LogP contribution >= 0.6 is 0 Å². The van der Waals surface area contributed by atoms with Crippen LogP contribution in [0.5, 0.6) is 0 Å². The standard InChI is InChI=1S/C17H27NO/c1-14-10-6-7-11-15(14)16(18-2)17(19-3)12-8-4-5-9-13-17/h6-7,10-11,16,18H,4-5,8-9,12-13H2,1-3H3. The molecule has 0 aromatic heterocycles. The predicted octanol–water partition coefficient (Wildman–Crippen LogP) is 3.99. The summed E-state index contributed by atoms with van der Waals surface area (Å²) in [5.41, 5.74) is 2.69. The minimum atomic E-state index is -0.0443. The van der Waals surface area contributed by atoms with Gasteiger partial charge >= 0.3 is 0 Å². The van der Waals surface area contributed by atoms with Crippen molar-refractivity contribution in [2.24, 2.45) is 0 Å². The lowest BCUT2D eigenvalue weighted by Crippen LogP contribution is -2.44. The van der Waals surface area contributed by atoms with Crippen molar-refractivity contribution in [3.63, 3.8) is 0 Å². The molecule has 0 saturated heterocycles. The number of ether oxygens (including phenoxy) is 1. The number of hydrogen-bond acceptors (Lipinski definition) is 2. The third-order valence-electron chi connectivity index (χ3n) is 4.67. The zero-order valence-corrected chi connectivity index (χ0v) is 12.5. The molecule has 0 amide bonds. The number of methoxy groups -OCH3 is 1. The molecule has 0 heterocycles. The molecular formula is C17H27NO. The van der Waals surface area contributed by atoms with Crippen molar-refractivity contribution in [1.29, 1.82) is 0 Å². The van der Waals surface area contributed by atoms with Gasteiger partial charge in [-0.1, -0.05) is 49.9 Å². The van der Waals surface area contributed by atoms with Crippen LogP contribution in [0.3, 0.4) is 0 Å². The summed E-state index contributed by atoms with van der Waals surface area (Å²) in [5.74, 6) is 0. The van der Waals surface area contributed by atoms with E-state index in [0.29, 0.717) is 0 Å². The molecule has 1 fully saturated rings. The summed E-state index contributed by atoms with van der Waals surface area (Å²) >= 11 is 0. The van der Waals surface area contributed by atoms with E-state index in [9.17, 15) is 0 Å². The number of nitrogens with one attached hydrogen (secondary N) is 1. The molecule has 1 aromatic carbocycles. The molecule has 1 N–H and O–H groups in total. The lowest BCUT2D eigenvalue weighted by Gasteiger charge is -2.40. The smallest absolute Gasteiger partial charge is 0.0872 e. The molecule has 106 valence electrons. The summed E-state index contributed by atoms with van der Waals surface area (Å²) in [6.07, 6.45) is 7.55. The fourth-order valence-electron chi connectivity index (χ4n) is 3.55. The molecule has 1 aliphatic rings. The Bertz CT molecular complexity index is 394. The topological polar surface area (TPSA) is 21.3 Å². The van der Waals surface area contributed by atoms with Gasteiger partial charge in [-0.15, -0.1) is 0 Å². The minimum Gasteiger partial charge on any atom is -0.376 e. The van der Waals surface area contributed by atoms with Crippen molar-refractivity contribution in [2.45, 2.75) is 57.1 Å². The van der Waals surface area contributed by atoms with Gasteiger partial charge in [0.05, 0.1) is 11.6 Å². The lowest BCUT2D eigenvalue weighted by atomic mass is 9.81. The Morgan fingerprint density at radius 2 is 1.74 bits per heavy atom. The summed E-state index contributed by atoms with van der Waals surface area (Å²) < 4.78 is 6.06. The molecular weight excluding hydrogens is 234 g/mol. The third kappa shape index (κ3) is 3.01. The Kier molecular flexibility index (Phi) is 5.00. The van der Waals surface area contributed by atoms with E-state index in [4.69, 9.17) is 4.74 Å². The molecule has 2 rings (SSSR count). The van der Waals surface area contributed by atoms with E-state index >= 15 is 0 Å². The van der Waals surface area contributed by atoms with Crippen molar-refractivity contribution < 1.29 is 4.74 Å². The highest BCUT2D eigenvalue weighted by molar-refractivity contribution is 5.31. The normalized spacial score (nSPS) is 20.8. The first-order chi connectivity index (χ1) is 9.23. The quantitative estimate of drug-likeness (QED) is 0.827. The van der Waals surface area contributed by atoms with E-state index in [1.54, 1.807) is 0 Å². The van der Waals surface area contributed by atoms with Gasteiger partial charge in [-0.3, -0.25) is 0 Å². The van der Waals surface area contributed by atoms with Crippen molar-refractivity contribution in [2.75, 3.05) is 14.2 Å². The van der Waals surface area contributed by atoms with E-state index in [0.717, 1.165) is 12.8 Å². The molecule has 0 bridgehead atoms. The SMILES string of the molecule is CNC(c1ccccc1C)C1(OC)CCCCCC1. The highest BCUT2D eigenvalue weighted by Crippen LogP contribution is 2.40. The monoisotopic (exact) mass is 261 g/mol. The van der Waals surface area contributed by atoms with Gasteiger partial charge in [-0.2, -0.15) is 0 Å². The maximum atomic E-state index is 6.06. The molecule has 1 aromatic rings. The fraction of sp³-hybridized carbons (Fsp3) is 0.647. The summed E-state index contributed by atoms with van der Waals surface area (Å²) in [4.78, 5) is 0. The van der Waals surface area contributed by atoms with Gasteiger partial charge in [0.1, 0.15) is 0 Å². The van der Waals surface area contributed by atoms with Crippen molar-refractivity contribution in [3.8, 4) is 0 Å². The molecule has 1 unspecified atom stereocenters. The molecule has 1 saturated carbocycles. The van der Waals surface area contributed by atoms with Gasteiger partial charge in [0.15, 0.2) is 0 Å². The molecule has 1 aliphatic carbocycles. The largest absolute Gasteiger partial charge is 0.376 e. The molecule has 19 heavy (non-hydrogen) atoms. The van der Waals surface area contributed by atoms with Crippen molar-refractivity contribution >= 4 is 0 Å². The first-order valence-corrected chi connectivity index (χ1v) is 7.51. The minimum absolute atomic E-state index is 0.0443. The maximum Gasteiger partial charge on any atom is 0.0872 e. The van der Waals surface area contributed by atoms with Crippen LogP contribution in [0.1, 0.15) is 55.7 Å². The third-order valence-corrected chi connectivity index (χ3v) is 4.67. The second-order valence-corrected chi connectivity index (χ2v) is 5.76. The van der Waals surface area contributed by atoms with Gasteiger partial charge in [0.2, 0.25) is 0 Å².